The van der Waals surface area contributed by atoms with Crippen molar-refractivity contribution in [3.05, 3.63) is 58.6 Å². The Morgan fingerprint density at radius 1 is 1.04 bits per heavy atom. The quantitative estimate of drug-likeness (QED) is 0.706. The molecular formula is C21H25ClN2O4. The lowest BCUT2D eigenvalue weighted by atomic mass is 10.0. The van der Waals surface area contributed by atoms with Crippen molar-refractivity contribution in [2.24, 2.45) is 5.92 Å². The van der Waals surface area contributed by atoms with E-state index in [1.165, 1.54) is 0 Å². The molecule has 1 atom stereocenters. The monoisotopic (exact) mass is 404 g/mol. The van der Waals surface area contributed by atoms with Gasteiger partial charge in [0.1, 0.15) is 6.04 Å². The van der Waals surface area contributed by atoms with Crippen molar-refractivity contribution in [3.8, 4) is 11.5 Å². The third-order valence-corrected chi connectivity index (χ3v) is 4.60. The van der Waals surface area contributed by atoms with Gasteiger partial charge in [-0.25, -0.2) is 0 Å². The molecule has 2 N–H and O–H groups in total. The average Bonchev–Trinajstić information content (AvgIpc) is 2.69. The molecule has 0 aliphatic carbocycles. The maximum absolute atomic E-state index is 12.7. The van der Waals surface area contributed by atoms with E-state index in [4.69, 9.17) is 21.1 Å². The van der Waals surface area contributed by atoms with Crippen LogP contribution >= 0.6 is 11.6 Å². The molecule has 2 aromatic rings. The van der Waals surface area contributed by atoms with Gasteiger partial charge in [0.15, 0.2) is 11.5 Å². The van der Waals surface area contributed by atoms with Crippen LogP contribution in [0.25, 0.3) is 0 Å². The van der Waals surface area contributed by atoms with Crippen LogP contribution in [0.15, 0.2) is 42.5 Å². The lowest BCUT2D eigenvalue weighted by Gasteiger charge is -2.22. The van der Waals surface area contributed by atoms with Gasteiger partial charge < -0.3 is 20.1 Å². The minimum Gasteiger partial charge on any atom is -0.493 e. The van der Waals surface area contributed by atoms with E-state index in [0.717, 1.165) is 5.56 Å². The van der Waals surface area contributed by atoms with E-state index in [1.807, 2.05) is 19.9 Å². The Morgan fingerprint density at radius 2 is 1.71 bits per heavy atom. The van der Waals surface area contributed by atoms with E-state index in [0.29, 0.717) is 28.6 Å². The highest BCUT2D eigenvalue weighted by Crippen LogP contribution is 2.27. The average molecular weight is 405 g/mol. The second kappa shape index (κ2) is 9.99. The summed E-state index contributed by atoms with van der Waals surface area (Å²) in [6.45, 7) is 4.03. The van der Waals surface area contributed by atoms with Crippen molar-refractivity contribution in [1.82, 2.24) is 10.6 Å². The zero-order valence-electron chi connectivity index (χ0n) is 16.4. The summed E-state index contributed by atoms with van der Waals surface area (Å²) in [5.74, 6) is 0.443. The number of rotatable bonds is 8. The fraction of sp³-hybridized carbons (Fsp3) is 0.333. The molecule has 0 aliphatic heterocycles. The highest BCUT2D eigenvalue weighted by Gasteiger charge is 2.25. The molecule has 0 saturated carbocycles. The Bertz CT molecular complexity index is 839. The number of hydrogen-bond donors (Lipinski definition) is 2. The van der Waals surface area contributed by atoms with Crippen LogP contribution in [0.2, 0.25) is 5.02 Å². The molecule has 7 heteroatoms. The molecule has 0 spiro atoms. The number of benzene rings is 2. The number of ether oxygens (including phenoxy) is 2. The van der Waals surface area contributed by atoms with Gasteiger partial charge in [-0.2, -0.15) is 0 Å². The molecule has 0 fully saturated rings. The largest absolute Gasteiger partial charge is 0.493 e. The highest BCUT2D eigenvalue weighted by atomic mass is 35.5. The maximum atomic E-state index is 12.7. The van der Waals surface area contributed by atoms with Gasteiger partial charge in [-0.15, -0.1) is 0 Å². The van der Waals surface area contributed by atoms with Crippen molar-refractivity contribution in [2.75, 3.05) is 14.2 Å². The van der Waals surface area contributed by atoms with E-state index in [1.54, 1.807) is 50.6 Å². The number of carbonyl (C=O) groups excluding carboxylic acids is 2. The molecule has 150 valence electrons. The summed E-state index contributed by atoms with van der Waals surface area (Å²) in [6, 6.07) is 11.5. The first-order valence-corrected chi connectivity index (χ1v) is 9.29. The van der Waals surface area contributed by atoms with Crippen molar-refractivity contribution >= 4 is 23.4 Å². The molecule has 0 aliphatic rings. The Morgan fingerprint density at radius 3 is 2.32 bits per heavy atom. The smallest absolute Gasteiger partial charge is 0.253 e. The first-order valence-electron chi connectivity index (χ1n) is 8.91. The molecule has 0 aromatic heterocycles. The van der Waals surface area contributed by atoms with E-state index in [9.17, 15) is 9.59 Å². The number of hydrogen-bond acceptors (Lipinski definition) is 4. The van der Waals surface area contributed by atoms with Crippen LogP contribution in [0, 0.1) is 5.92 Å². The number of carbonyl (C=O) groups is 2. The van der Waals surface area contributed by atoms with Crippen LogP contribution in [-0.4, -0.2) is 32.1 Å². The molecule has 2 aromatic carbocycles. The highest BCUT2D eigenvalue weighted by molar-refractivity contribution is 6.33. The van der Waals surface area contributed by atoms with Gasteiger partial charge in [0.05, 0.1) is 24.8 Å². The van der Waals surface area contributed by atoms with E-state index >= 15 is 0 Å². The summed E-state index contributed by atoms with van der Waals surface area (Å²) >= 11 is 6.07. The minimum absolute atomic E-state index is 0.100. The van der Waals surface area contributed by atoms with Crippen molar-refractivity contribution < 1.29 is 19.1 Å². The minimum atomic E-state index is -0.691. The summed E-state index contributed by atoms with van der Waals surface area (Å²) < 4.78 is 10.5. The van der Waals surface area contributed by atoms with Crippen LogP contribution in [0.1, 0.15) is 29.8 Å². The lowest BCUT2D eigenvalue weighted by Crippen LogP contribution is -2.49. The second-order valence-corrected chi connectivity index (χ2v) is 6.99. The zero-order chi connectivity index (χ0) is 20.7. The fourth-order valence-electron chi connectivity index (χ4n) is 2.69. The van der Waals surface area contributed by atoms with Gasteiger partial charge in [0.25, 0.3) is 5.91 Å². The van der Waals surface area contributed by atoms with Gasteiger partial charge >= 0.3 is 0 Å². The Balaban J connectivity index is 2.05. The molecule has 2 amide bonds. The molecule has 0 bridgehead atoms. The van der Waals surface area contributed by atoms with Crippen LogP contribution < -0.4 is 20.1 Å². The zero-order valence-corrected chi connectivity index (χ0v) is 17.2. The number of methoxy groups -OCH3 is 2. The number of halogens is 1. The predicted octanol–water partition coefficient (Wildman–Crippen LogP) is 3.43. The molecular weight excluding hydrogens is 380 g/mol. The number of nitrogens with one attached hydrogen (secondary N) is 2. The SMILES string of the molecule is COc1ccc(CNC(=O)[C@@H](NC(=O)c2ccccc2Cl)C(C)C)cc1OC. The van der Waals surface area contributed by atoms with Gasteiger partial charge in [-0.05, 0) is 35.7 Å². The van der Waals surface area contributed by atoms with Gasteiger partial charge in [0.2, 0.25) is 5.91 Å². The van der Waals surface area contributed by atoms with E-state index in [2.05, 4.69) is 10.6 Å². The summed E-state index contributed by atoms with van der Waals surface area (Å²) in [7, 11) is 3.12. The Labute approximate surface area is 170 Å². The van der Waals surface area contributed by atoms with E-state index < -0.39 is 6.04 Å². The topological polar surface area (TPSA) is 76.7 Å². The Kier molecular flexibility index (Phi) is 7.70. The van der Waals surface area contributed by atoms with Crippen LogP contribution in [0.3, 0.4) is 0 Å². The molecule has 0 unspecified atom stereocenters. The summed E-state index contributed by atoms with van der Waals surface area (Å²) in [6.07, 6.45) is 0. The van der Waals surface area contributed by atoms with Crippen LogP contribution in [0.5, 0.6) is 11.5 Å². The predicted molar refractivity (Wildman–Crippen MR) is 109 cm³/mol. The first kappa shape index (κ1) is 21.6. The lowest BCUT2D eigenvalue weighted by molar-refractivity contribution is -0.124. The first-order chi connectivity index (χ1) is 13.4. The van der Waals surface area contributed by atoms with Gasteiger partial charge in [-0.3, -0.25) is 9.59 Å². The van der Waals surface area contributed by atoms with Crippen molar-refractivity contribution in [1.29, 1.82) is 0 Å². The van der Waals surface area contributed by atoms with Gasteiger partial charge in [0, 0.05) is 6.54 Å². The summed E-state index contributed by atoms with van der Waals surface area (Å²) in [5, 5.41) is 5.97. The molecule has 0 heterocycles. The Hall–Kier alpha value is -2.73. The maximum Gasteiger partial charge on any atom is 0.253 e. The third kappa shape index (κ3) is 5.39. The van der Waals surface area contributed by atoms with E-state index in [-0.39, 0.29) is 17.7 Å². The third-order valence-electron chi connectivity index (χ3n) is 4.27. The molecule has 6 nitrogen and oxygen atoms in total. The van der Waals surface area contributed by atoms with Gasteiger partial charge in [-0.1, -0.05) is 43.6 Å². The molecule has 2 rings (SSSR count). The summed E-state index contributed by atoms with van der Waals surface area (Å²) in [4.78, 5) is 25.2. The number of amides is 2. The van der Waals surface area contributed by atoms with Crippen molar-refractivity contribution in [2.45, 2.75) is 26.4 Å². The van der Waals surface area contributed by atoms with Crippen molar-refractivity contribution in [3.63, 3.8) is 0 Å². The summed E-state index contributed by atoms with van der Waals surface area (Å²) in [5.41, 5.74) is 1.19. The molecule has 28 heavy (non-hydrogen) atoms. The molecule has 0 radical (unpaired) electrons. The second-order valence-electron chi connectivity index (χ2n) is 6.58. The fourth-order valence-corrected chi connectivity index (χ4v) is 2.91. The van der Waals surface area contributed by atoms with Crippen LogP contribution in [0.4, 0.5) is 0 Å². The standard InChI is InChI=1S/C21H25ClN2O4/c1-13(2)19(24-20(25)15-7-5-6-8-16(15)22)21(26)23-12-14-9-10-17(27-3)18(11-14)28-4/h5-11,13,19H,12H2,1-4H3,(H,23,26)(H,24,25)/t19-/m0/s1. The molecule has 0 saturated heterocycles. The van der Waals surface area contributed by atoms with Crippen LogP contribution in [-0.2, 0) is 11.3 Å². The normalized spacial score (nSPS) is 11.6.